The van der Waals surface area contributed by atoms with Crippen molar-refractivity contribution in [2.45, 2.75) is 45.7 Å². The molecule has 1 saturated heterocycles. The number of aryl methyl sites for hydroxylation is 1. The number of rotatable bonds is 3. The van der Waals surface area contributed by atoms with Gasteiger partial charge in [0, 0.05) is 11.7 Å². The molecule has 0 aromatic carbocycles. The number of carbonyl (C=O) groups excluding carboxylic acids is 1. The van der Waals surface area contributed by atoms with Crippen LogP contribution >= 0.6 is 0 Å². The molecule has 1 atom stereocenters. The van der Waals surface area contributed by atoms with Crippen LogP contribution in [0.2, 0.25) is 0 Å². The Morgan fingerprint density at radius 1 is 1.35 bits per heavy atom. The third-order valence-corrected chi connectivity index (χ3v) is 3.64. The zero-order valence-corrected chi connectivity index (χ0v) is 11.9. The Bertz CT molecular complexity index is 617. The van der Waals surface area contributed by atoms with Crippen molar-refractivity contribution in [3.8, 4) is 0 Å². The summed E-state index contributed by atoms with van der Waals surface area (Å²) in [6, 6.07) is 0.0592. The summed E-state index contributed by atoms with van der Waals surface area (Å²) in [5.74, 6) is -0.197. The number of hydrogen-bond donors (Lipinski definition) is 3. The normalized spacial score (nSPS) is 19.5. The lowest BCUT2D eigenvalue weighted by Crippen LogP contribution is -2.44. The summed E-state index contributed by atoms with van der Waals surface area (Å²) >= 11 is 0. The number of aromatic amines is 2. The van der Waals surface area contributed by atoms with Gasteiger partial charge in [0.1, 0.15) is 5.69 Å². The monoisotopic (exact) mass is 280 g/mol. The van der Waals surface area contributed by atoms with Crippen molar-refractivity contribution < 1.29 is 4.79 Å². The molecule has 0 aliphatic carbocycles. The van der Waals surface area contributed by atoms with Crippen molar-refractivity contribution in [2.75, 3.05) is 11.9 Å². The van der Waals surface area contributed by atoms with Crippen molar-refractivity contribution in [1.29, 1.82) is 0 Å². The number of nitrogens with zero attached hydrogens (tertiary/aromatic N) is 1. The van der Waals surface area contributed by atoms with Gasteiger partial charge in [0.15, 0.2) is 0 Å². The van der Waals surface area contributed by atoms with Gasteiger partial charge in [0.2, 0.25) is 5.91 Å². The van der Waals surface area contributed by atoms with Crippen LogP contribution in [-0.4, -0.2) is 39.4 Å². The van der Waals surface area contributed by atoms with Gasteiger partial charge in [-0.2, -0.15) is 0 Å². The number of anilines is 1. The molecule has 1 aliphatic heterocycles. The van der Waals surface area contributed by atoms with Crippen molar-refractivity contribution in [2.24, 2.45) is 0 Å². The summed E-state index contributed by atoms with van der Waals surface area (Å²) in [5.41, 5.74) is -0.671. The van der Waals surface area contributed by atoms with E-state index in [0.29, 0.717) is 5.69 Å². The van der Waals surface area contributed by atoms with Crippen molar-refractivity contribution >= 4 is 11.6 Å². The van der Waals surface area contributed by atoms with E-state index >= 15 is 0 Å². The van der Waals surface area contributed by atoms with Gasteiger partial charge >= 0.3 is 5.69 Å². The molecule has 3 N–H and O–H groups in total. The minimum Gasteiger partial charge on any atom is -0.319 e. The Morgan fingerprint density at radius 3 is 2.65 bits per heavy atom. The van der Waals surface area contributed by atoms with E-state index in [-0.39, 0.29) is 23.7 Å². The maximum Gasteiger partial charge on any atom is 0.326 e. The van der Waals surface area contributed by atoms with E-state index < -0.39 is 11.2 Å². The first-order chi connectivity index (χ1) is 9.40. The maximum atomic E-state index is 12.3. The van der Waals surface area contributed by atoms with Gasteiger partial charge in [-0.15, -0.1) is 0 Å². The van der Waals surface area contributed by atoms with E-state index in [1.54, 1.807) is 6.92 Å². The molecule has 110 valence electrons. The number of amides is 1. The molecule has 1 fully saturated rings. The molecule has 2 heterocycles. The van der Waals surface area contributed by atoms with Crippen LogP contribution in [0, 0.1) is 6.92 Å². The number of hydrogen-bond acceptors (Lipinski definition) is 4. The molecule has 0 radical (unpaired) electrons. The molecule has 1 unspecified atom stereocenters. The van der Waals surface area contributed by atoms with Crippen molar-refractivity contribution in [1.82, 2.24) is 14.9 Å². The van der Waals surface area contributed by atoms with Crippen molar-refractivity contribution in [3.05, 3.63) is 26.5 Å². The fourth-order valence-corrected chi connectivity index (χ4v) is 2.65. The first-order valence-corrected chi connectivity index (χ1v) is 6.80. The summed E-state index contributed by atoms with van der Waals surface area (Å²) in [6.45, 7) is 6.56. The number of nitrogens with one attached hydrogen (secondary N) is 3. The predicted octanol–water partition coefficient (Wildman–Crippen LogP) is 0.183. The highest BCUT2D eigenvalue weighted by atomic mass is 16.2. The average molecular weight is 280 g/mol. The van der Waals surface area contributed by atoms with Gasteiger partial charge < -0.3 is 10.3 Å². The van der Waals surface area contributed by atoms with E-state index in [1.807, 2.05) is 13.8 Å². The van der Waals surface area contributed by atoms with Gasteiger partial charge in [0.05, 0.1) is 6.04 Å². The molecule has 7 nitrogen and oxygen atoms in total. The van der Waals surface area contributed by atoms with Crippen LogP contribution in [0.15, 0.2) is 9.59 Å². The Morgan fingerprint density at radius 2 is 2.05 bits per heavy atom. The summed E-state index contributed by atoms with van der Waals surface area (Å²) < 4.78 is 0. The smallest absolute Gasteiger partial charge is 0.319 e. The van der Waals surface area contributed by atoms with Gasteiger partial charge in [-0.3, -0.25) is 19.5 Å². The van der Waals surface area contributed by atoms with Gasteiger partial charge in [0.25, 0.3) is 5.56 Å². The third-order valence-electron chi connectivity index (χ3n) is 3.64. The Hall–Kier alpha value is -1.89. The number of H-pyrrole nitrogens is 2. The van der Waals surface area contributed by atoms with E-state index in [9.17, 15) is 14.4 Å². The second kappa shape index (κ2) is 5.62. The zero-order valence-electron chi connectivity index (χ0n) is 11.9. The van der Waals surface area contributed by atoms with Gasteiger partial charge in [-0.1, -0.05) is 0 Å². The van der Waals surface area contributed by atoms with Crippen LogP contribution in [0.3, 0.4) is 0 Å². The van der Waals surface area contributed by atoms with Gasteiger partial charge in [-0.05, 0) is 40.2 Å². The topological polar surface area (TPSA) is 98.1 Å². The minimum atomic E-state index is -0.575. The SMILES string of the molecule is Cc1[nH]c(=O)[nH]c(=O)c1NC(=O)C1CCCN1C(C)C. The molecule has 2 rings (SSSR count). The molecule has 0 bridgehead atoms. The van der Waals surface area contributed by atoms with E-state index in [1.165, 1.54) is 0 Å². The van der Waals surface area contributed by atoms with E-state index in [0.717, 1.165) is 19.4 Å². The predicted molar refractivity (Wildman–Crippen MR) is 75.9 cm³/mol. The first-order valence-electron chi connectivity index (χ1n) is 6.80. The molecule has 7 heteroatoms. The second-order valence-corrected chi connectivity index (χ2v) is 5.39. The molecular formula is C13H20N4O3. The molecule has 1 aromatic rings. The largest absolute Gasteiger partial charge is 0.326 e. The van der Waals surface area contributed by atoms with Crippen LogP contribution in [0.4, 0.5) is 5.69 Å². The molecule has 1 aliphatic rings. The summed E-state index contributed by atoms with van der Waals surface area (Å²) in [4.78, 5) is 41.9. The first kappa shape index (κ1) is 14.5. The molecular weight excluding hydrogens is 260 g/mol. The fraction of sp³-hybridized carbons (Fsp3) is 0.615. The number of carbonyl (C=O) groups is 1. The lowest BCUT2D eigenvalue weighted by Gasteiger charge is -2.27. The van der Waals surface area contributed by atoms with E-state index in [4.69, 9.17) is 0 Å². The Balaban J connectivity index is 2.20. The van der Waals surface area contributed by atoms with Crippen LogP contribution in [0.1, 0.15) is 32.4 Å². The molecule has 1 amide bonds. The maximum absolute atomic E-state index is 12.3. The second-order valence-electron chi connectivity index (χ2n) is 5.39. The Kier molecular flexibility index (Phi) is 4.08. The standard InChI is InChI=1S/C13H20N4O3/c1-7(2)17-6-4-5-9(17)11(18)15-10-8(3)14-13(20)16-12(10)19/h7,9H,4-6H2,1-3H3,(H,15,18)(H2,14,16,19,20). The highest BCUT2D eigenvalue weighted by Gasteiger charge is 2.32. The van der Waals surface area contributed by atoms with Crippen LogP contribution in [0.25, 0.3) is 0 Å². The van der Waals surface area contributed by atoms with Crippen LogP contribution in [-0.2, 0) is 4.79 Å². The minimum absolute atomic E-state index is 0.116. The molecule has 1 aromatic heterocycles. The highest BCUT2D eigenvalue weighted by molar-refractivity contribution is 5.95. The van der Waals surface area contributed by atoms with Crippen LogP contribution in [0.5, 0.6) is 0 Å². The lowest BCUT2D eigenvalue weighted by atomic mass is 10.2. The highest BCUT2D eigenvalue weighted by Crippen LogP contribution is 2.21. The van der Waals surface area contributed by atoms with Gasteiger partial charge in [-0.25, -0.2) is 4.79 Å². The quantitative estimate of drug-likeness (QED) is 0.735. The average Bonchev–Trinajstić information content (AvgIpc) is 2.82. The third kappa shape index (κ3) is 2.82. The summed E-state index contributed by atoms with van der Waals surface area (Å²) in [6.07, 6.45) is 1.75. The zero-order chi connectivity index (χ0) is 14.9. The Labute approximate surface area is 116 Å². The molecule has 0 saturated carbocycles. The molecule has 0 spiro atoms. The van der Waals surface area contributed by atoms with Crippen molar-refractivity contribution in [3.63, 3.8) is 0 Å². The number of aromatic nitrogens is 2. The number of likely N-dealkylation sites (tertiary alicyclic amines) is 1. The van der Waals surface area contributed by atoms with E-state index in [2.05, 4.69) is 20.2 Å². The summed E-state index contributed by atoms with van der Waals surface area (Å²) in [7, 11) is 0. The lowest BCUT2D eigenvalue weighted by molar-refractivity contribution is -0.120. The molecule has 20 heavy (non-hydrogen) atoms. The van der Waals surface area contributed by atoms with Crippen LogP contribution < -0.4 is 16.6 Å². The fourth-order valence-electron chi connectivity index (χ4n) is 2.65. The summed E-state index contributed by atoms with van der Waals surface area (Å²) in [5, 5.41) is 2.64.